The van der Waals surface area contributed by atoms with E-state index in [-0.39, 0.29) is 0 Å². The Bertz CT molecular complexity index is 299. The molecule has 0 aromatic rings. The van der Waals surface area contributed by atoms with Gasteiger partial charge >= 0.3 is 0 Å². The molecule has 0 saturated carbocycles. The van der Waals surface area contributed by atoms with Gasteiger partial charge in [-0.15, -0.1) is 0 Å². The van der Waals surface area contributed by atoms with Crippen LogP contribution in [-0.2, 0) is 0 Å². The molecule has 0 aromatic heterocycles. The molecule has 2 aliphatic carbocycles. The number of hydrogen-bond acceptors (Lipinski definition) is 1. The molecular weight excluding hydrogens is 194 g/mol. The summed E-state index contributed by atoms with van der Waals surface area (Å²) in [5.41, 5.74) is 1.55. The summed E-state index contributed by atoms with van der Waals surface area (Å²) < 4.78 is 0. The molecule has 2 unspecified atom stereocenters. The maximum atomic E-state index is 3.60. The molecule has 16 heavy (non-hydrogen) atoms. The Morgan fingerprint density at radius 1 is 1.31 bits per heavy atom. The first-order chi connectivity index (χ1) is 7.86. The van der Waals surface area contributed by atoms with E-state index in [0.717, 1.165) is 24.9 Å². The number of nitrogens with one attached hydrogen (secondary N) is 1. The smallest absolute Gasteiger partial charge is 0.0168 e. The molecule has 0 aliphatic heterocycles. The van der Waals surface area contributed by atoms with Crippen LogP contribution >= 0.6 is 0 Å². The van der Waals surface area contributed by atoms with E-state index in [1.54, 1.807) is 5.57 Å². The minimum Gasteiger partial charge on any atom is -0.312 e. The molecular formula is C15H23N. The molecule has 0 spiro atoms. The number of rotatable bonds is 4. The summed E-state index contributed by atoms with van der Waals surface area (Å²) in [6.07, 6.45) is 16.5. The van der Waals surface area contributed by atoms with E-state index in [0.29, 0.717) is 0 Å². The lowest BCUT2D eigenvalue weighted by atomic mass is 9.85. The van der Waals surface area contributed by atoms with Gasteiger partial charge in [0, 0.05) is 13.1 Å². The van der Waals surface area contributed by atoms with Crippen LogP contribution in [0.4, 0.5) is 0 Å². The van der Waals surface area contributed by atoms with E-state index < -0.39 is 0 Å². The third-order valence-corrected chi connectivity index (χ3v) is 3.74. The van der Waals surface area contributed by atoms with E-state index in [9.17, 15) is 0 Å². The fourth-order valence-corrected chi connectivity index (χ4v) is 2.50. The molecule has 1 N–H and O–H groups in total. The summed E-state index contributed by atoms with van der Waals surface area (Å²) in [5.74, 6) is 1.59. The van der Waals surface area contributed by atoms with Crippen LogP contribution in [0.2, 0.25) is 0 Å². The Labute approximate surface area is 99.3 Å². The lowest BCUT2D eigenvalue weighted by Gasteiger charge is -2.24. The van der Waals surface area contributed by atoms with Crippen LogP contribution in [-0.4, -0.2) is 13.1 Å². The summed E-state index contributed by atoms with van der Waals surface area (Å²) in [7, 11) is 0. The first-order valence-electron chi connectivity index (χ1n) is 6.58. The fraction of sp³-hybridized carbons (Fsp3) is 0.600. The van der Waals surface area contributed by atoms with Crippen molar-refractivity contribution in [3.05, 3.63) is 36.0 Å². The monoisotopic (exact) mass is 217 g/mol. The molecule has 0 radical (unpaired) electrons. The van der Waals surface area contributed by atoms with Gasteiger partial charge in [0.15, 0.2) is 0 Å². The molecule has 2 atom stereocenters. The van der Waals surface area contributed by atoms with Crippen LogP contribution in [0.25, 0.3) is 0 Å². The summed E-state index contributed by atoms with van der Waals surface area (Å²) in [6.45, 7) is 4.58. The van der Waals surface area contributed by atoms with Gasteiger partial charge in [0.05, 0.1) is 0 Å². The summed E-state index contributed by atoms with van der Waals surface area (Å²) in [5, 5.41) is 3.60. The Morgan fingerprint density at radius 2 is 2.25 bits per heavy atom. The predicted molar refractivity (Wildman–Crippen MR) is 70.4 cm³/mol. The highest BCUT2D eigenvalue weighted by Crippen LogP contribution is 2.23. The van der Waals surface area contributed by atoms with E-state index in [2.05, 4.69) is 42.6 Å². The van der Waals surface area contributed by atoms with Crippen molar-refractivity contribution in [2.75, 3.05) is 13.1 Å². The topological polar surface area (TPSA) is 12.0 Å². The number of hydrogen-bond donors (Lipinski definition) is 1. The Hall–Kier alpha value is -0.820. The number of allylic oxidation sites excluding steroid dienone is 4. The van der Waals surface area contributed by atoms with E-state index >= 15 is 0 Å². The van der Waals surface area contributed by atoms with Crippen LogP contribution in [0.5, 0.6) is 0 Å². The van der Waals surface area contributed by atoms with Gasteiger partial charge in [-0.2, -0.15) is 0 Å². The quantitative estimate of drug-likeness (QED) is 0.711. The lowest BCUT2D eigenvalue weighted by molar-refractivity contribution is 0.372. The lowest BCUT2D eigenvalue weighted by Crippen LogP contribution is -2.28. The molecule has 0 saturated heterocycles. The van der Waals surface area contributed by atoms with E-state index in [1.807, 2.05) is 0 Å². The van der Waals surface area contributed by atoms with Crippen molar-refractivity contribution in [1.82, 2.24) is 5.32 Å². The van der Waals surface area contributed by atoms with Gasteiger partial charge in [-0.3, -0.25) is 0 Å². The third-order valence-electron chi connectivity index (χ3n) is 3.74. The van der Waals surface area contributed by atoms with Gasteiger partial charge in [0.2, 0.25) is 0 Å². The molecule has 0 bridgehead atoms. The molecule has 88 valence electrons. The van der Waals surface area contributed by atoms with Crippen LogP contribution in [0, 0.1) is 11.8 Å². The van der Waals surface area contributed by atoms with Gasteiger partial charge in [0.25, 0.3) is 0 Å². The maximum absolute atomic E-state index is 3.60. The van der Waals surface area contributed by atoms with Crippen LogP contribution < -0.4 is 5.32 Å². The highest BCUT2D eigenvalue weighted by molar-refractivity contribution is 5.18. The molecule has 1 nitrogen and oxygen atoms in total. The fourth-order valence-electron chi connectivity index (χ4n) is 2.50. The molecule has 1 heteroatoms. The van der Waals surface area contributed by atoms with Crippen LogP contribution in [0.1, 0.15) is 32.6 Å². The summed E-state index contributed by atoms with van der Waals surface area (Å²) in [4.78, 5) is 0. The highest BCUT2D eigenvalue weighted by atomic mass is 14.9. The second kappa shape index (κ2) is 6.05. The van der Waals surface area contributed by atoms with Crippen molar-refractivity contribution in [1.29, 1.82) is 0 Å². The van der Waals surface area contributed by atoms with Gasteiger partial charge in [-0.25, -0.2) is 0 Å². The van der Waals surface area contributed by atoms with Crippen molar-refractivity contribution < 1.29 is 0 Å². The second-order valence-corrected chi connectivity index (χ2v) is 5.07. The van der Waals surface area contributed by atoms with Crippen molar-refractivity contribution >= 4 is 0 Å². The second-order valence-electron chi connectivity index (χ2n) is 5.07. The predicted octanol–water partition coefficient (Wildman–Crippen LogP) is 3.45. The third kappa shape index (κ3) is 3.34. The normalized spacial score (nSPS) is 29.2. The molecule has 2 aliphatic rings. The largest absolute Gasteiger partial charge is 0.312 e. The zero-order chi connectivity index (χ0) is 11.2. The van der Waals surface area contributed by atoms with E-state index in [4.69, 9.17) is 0 Å². The highest BCUT2D eigenvalue weighted by Gasteiger charge is 2.16. The SMILES string of the molecule is CC1CCC=CC1CNCC1=CC=CCC1. The minimum atomic E-state index is 0.744. The Balaban J connectivity index is 1.71. The Morgan fingerprint density at radius 3 is 3.00 bits per heavy atom. The minimum absolute atomic E-state index is 0.744. The maximum Gasteiger partial charge on any atom is 0.0168 e. The molecule has 2 rings (SSSR count). The first kappa shape index (κ1) is 11.7. The molecule has 0 fully saturated rings. The van der Waals surface area contributed by atoms with Crippen molar-refractivity contribution in [2.24, 2.45) is 11.8 Å². The Kier molecular flexibility index (Phi) is 4.41. The van der Waals surface area contributed by atoms with Crippen molar-refractivity contribution in [2.45, 2.75) is 32.6 Å². The summed E-state index contributed by atoms with van der Waals surface area (Å²) >= 11 is 0. The zero-order valence-corrected chi connectivity index (χ0v) is 10.3. The van der Waals surface area contributed by atoms with E-state index in [1.165, 1.54) is 25.7 Å². The molecule has 0 aromatic carbocycles. The zero-order valence-electron chi connectivity index (χ0n) is 10.3. The average Bonchev–Trinajstić information content (AvgIpc) is 2.33. The van der Waals surface area contributed by atoms with Gasteiger partial charge in [-0.05, 0) is 37.5 Å². The summed E-state index contributed by atoms with van der Waals surface area (Å²) in [6, 6.07) is 0. The molecule has 0 heterocycles. The average molecular weight is 217 g/mol. The standard InChI is InChI=1S/C15H23N/c1-13-7-5-6-10-15(13)12-16-11-14-8-3-2-4-9-14/h2-3,6,8,10,13,15-16H,4-5,7,9,11-12H2,1H3. The van der Waals surface area contributed by atoms with Crippen LogP contribution in [0.3, 0.4) is 0 Å². The van der Waals surface area contributed by atoms with Crippen molar-refractivity contribution in [3.8, 4) is 0 Å². The van der Waals surface area contributed by atoms with Gasteiger partial charge in [-0.1, -0.05) is 42.9 Å². The van der Waals surface area contributed by atoms with Crippen LogP contribution in [0.15, 0.2) is 36.0 Å². The van der Waals surface area contributed by atoms with Gasteiger partial charge < -0.3 is 5.32 Å². The van der Waals surface area contributed by atoms with Gasteiger partial charge in [0.1, 0.15) is 0 Å². The molecule has 0 amide bonds. The van der Waals surface area contributed by atoms with Crippen molar-refractivity contribution in [3.63, 3.8) is 0 Å². The first-order valence-corrected chi connectivity index (χ1v) is 6.58.